The normalized spacial score (nSPS) is 10.0. The summed E-state index contributed by atoms with van der Waals surface area (Å²) in [5.41, 5.74) is -1.58. The molecule has 2 aromatic rings. The molecule has 0 saturated carbocycles. The van der Waals surface area contributed by atoms with Gasteiger partial charge in [0.25, 0.3) is 0 Å². The van der Waals surface area contributed by atoms with Crippen molar-refractivity contribution < 1.29 is 34.8 Å². The van der Waals surface area contributed by atoms with E-state index in [1.54, 1.807) is 0 Å². The highest BCUT2D eigenvalue weighted by Crippen LogP contribution is 2.33. The Hall–Kier alpha value is -2.81. The van der Waals surface area contributed by atoms with E-state index >= 15 is 0 Å². The number of benzene rings is 2. The molecule has 0 aliphatic rings. The summed E-state index contributed by atoms with van der Waals surface area (Å²) in [4.78, 5) is 34.6. The van der Waals surface area contributed by atoms with Crippen molar-refractivity contribution in [2.75, 3.05) is 0 Å². The van der Waals surface area contributed by atoms with Crippen LogP contribution >= 0.6 is 23.2 Å². The summed E-state index contributed by atoms with van der Waals surface area (Å²) in [5, 5.41) is 36.5. The lowest BCUT2D eigenvalue weighted by Gasteiger charge is -2.09. The van der Waals surface area contributed by atoms with E-state index in [1.807, 2.05) is 0 Å². The summed E-state index contributed by atoms with van der Waals surface area (Å²) in [6.45, 7) is 0. The lowest BCUT2D eigenvalue weighted by atomic mass is 9.98. The van der Waals surface area contributed by atoms with Crippen LogP contribution in [0.3, 0.4) is 0 Å². The van der Waals surface area contributed by atoms with Crippen LogP contribution in [0.5, 0.6) is 11.5 Å². The van der Waals surface area contributed by atoms with Gasteiger partial charge in [0.1, 0.15) is 22.6 Å². The fraction of sp³-hybridized carbons (Fsp3) is 0. The Morgan fingerprint density at radius 1 is 0.720 bits per heavy atom. The number of carboxylic acids is 2. The predicted octanol–water partition coefficient (Wildman–Crippen LogP) is 3.19. The Kier molecular flexibility index (Phi) is 5.98. The van der Waals surface area contributed by atoms with Crippen molar-refractivity contribution in [1.29, 1.82) is 0 Å². The van der Waals surface area contributed by atoms with Crippen molar-refractivity contribution in [3.63, 3.8) is 0 Å². The van der Waals surface area contributed by atoms with E-state index in [1.165, 1.54) is 0 Å². The van der Waals surface area contributed by atoms with Gasteiger partial charge in [-0.25, -0.2) is 9.59 Å². The second-order valence-electron chi connectivity index (χ2n) is 4.65. The van der Waals surface area contributed by atoms with Crippen molar-refractivity contribution in [2.45, 2.75) is 0 Å². The fourth-order valence-corrected chi connectivity index (χ4v) is 2.39. The SMILES string of the molecule is N.O=C(c1cc(Cl)c(O)c(C(=O)O)c1)c1cc(Cl)c(O)c(C(=O)O)c1. The summed E-state index contributed by atoms with van der Waals surface area (Å²) in [5.74, 6) is -5.19. The topological polar surface area (TPSA) is 167 Å². The van der Waals surface area contributed by atoms with E-state index in [0.717, 1.165) is 24.3 Å². The second-order valence-corrected chi connectivity index (χ2v) is 5.46. The molecule has 0 aromatic heterocycles. The molecule has 0 fully saturated rings. The van der Waals surface area contributed by atoms with Gasteiger partial charge in [-0.2, -0.15) is 0 Å². The maximum Gasteiger partial charge on any atom is 0.339 e. The Morgan fingerprint density at radius 3 is 1.32 bits per heavy atom. The van der Waals surface area contributed by atoms with Gasteiger partial charge >= 0.3 is 11.9 Å². The standard InChI is InChI=1S/C15H8Cl2O7.H3N/c16-9-3-5(1-7(12(9)19)14(21)22)11(18)6-2-8(15(23)24)13(20)10(17)4-6;/h1-4,19-20H,(H,21,22)(H,23,24);1H3. The van der Waals surface area contributed by atoms with Gasteiger partial charge in [-0.15, -0.1) is 0 Å². The number of aromatic carboxylic acids is 2. The highest BCUT2D eigenvalue weighted by atomic mass is 35.5. The Bertz CT molecular complexity index is 824. The quantitative estimate of drug-likeness (QED) is 0.498. The van der Waals surface area contributed by atoms with Gasteiger partial charge in [-0.3, -0.25) is 4.79 Å². The van der Waals surface area contributed by atoms with Crippen LogP contribution in [0, 0.1) is 0 Å². The van der Waals surface area contributed by atoms with Crippen molar-refractivity contribution in [3.05, 3.63) is 56.6 Å². The van der Waals surface area contributed by atoms with Gasteiger partial charge in [0.05, 0.1) is 10.0 Å². The summed E-state index contributed by atoms with van der Waals surface area (Å²) < 4.78 is 0. The highest BCUT2D eigenvalue weighted by Gasteiger charge is 2.22. The van der Waals surface area contributed by atoms with Gasteiger partial charge < -0.3 is 26.6 Å². The molecule has 132 valence electrons. The molecule has 2 rings (SSSR count). The molecule has 0 radical (unpaired) electrons. The summed E-state index contributed by atoms with van der Waals surface area (Å²) >= 11 is 11.4. The number of phenols is 2. The van der Waals surface area contributed by atoms with Crippen molar-refractivity contribution in [2.24, 2.45) is 0 Å². The van der Waals surface area contributed by atoms with E-state index in [2.05, 4.69) is 0 Å². The number of ketones is 1. The smallest absolute Gasteiger partial charge is 0.339 e. The van der Waals surface area contributed by atoms with E-state index in [4.69, 9.17) is 33.4 Å². The number of carbonyl (C=O) groups excluding carboxylic acids is 1. The van der Waals surface area contributed by atoms with Crippen LogP contribution in [0.4, 0.5) is 0 Å². The summed E-state index contributed by atoms with van der Waals surface area (Å²) in [6.07, 6.45) is 0. The van der Waals surface area contributed by atoms with Crippen LogP contribution in [0.1, 0.15) is 36.6 Å². The first kappa shape index (κ1) is 20.2. The van der Waals surface area contributed by atoms with Gasteiger partial charge in [0.2, 0.25) is 0 Å². The first-order chi connectivity index (χ1) is 11.1. The molecule has 0 heterocycles. The van der Waals surface area contributed by atoms with Crippen molar-refractivity contribution in [3.8, 4) is 11.5 Å². The number of hydrogen-bond donors (Lipinski definition) is 5. The molecule has 0 unspecified atom stereocenters. The van der Waals surface area contributed by atoms with E-state index in [9.17, 15) is 24.6 Å². The maximum atomic E-state index is 12.5. The molecular weight excluding hydrogens is 377 g/mol. The van der Waals surface area contributed by atoms with E-state index < -0.39 is 40.3 Å². The zero-order chi connectivity index (χ0) is 18.2. The lowest BCUT2D eigenvalue weighted by Crippen LogP contribution is -2.07. The maximum absolute atomic E-state index is 12.5. The molecule has 0 aliphatic carbocycles. The van der Waals surface area contributed by atoms with Gasteiger partial charge in [-0.1, -0.05) is 23.2 Å². The molecule has 0 aliphatic heterocycles. The average molecular weight is 388 g/mol. The fourth-order valence-electron chi connectivity index (χ4n) is 1.95. The number of carboxylic acid groups (broad SMARTS) is 2. The van der Waals surface area contributed by atoms with E-state index in [0.29, 0.717) is 0 Å². The van der Waals surface area contributed by atoms with Crippen LogP contribution in [0.15, 0.2) is 24.3 Å². The zero-order valence-electron chi connectivity index (χ0n) is 12.3. The average Bonchev–Trinajstić information content (AvgIpc) is 2.50. The predicted molar refractivity (Wildman–Crippen MR) is 88.6 cm³/mol. The van der Waals surface area contributed by atoms with Gasteiger partial charge in [-0.05, 0) is 24.3 Å². The molecule has 0 saturated heterocycles. The van der Waals surface area contributed by atoms with Crippen LogP contribution < -0.4 is 6.15 Å². The third-order valence-electron chi connectivity index (χ3n) is 3.11. The molecular formula is C15H11Cl2NO7. The molecule has 10 heteroatoms. The molecule has 0 atom stereocenters. The molecule has 8 nitrogen and oxygen atoms in total. The monoisotopic (exact) mass is 387 g/mol. The molecule has 0 amide bonds. The first-order valence-electron chi connectivity index (χ1n) is 6.19. The zero-order valence-corrected chi connectivity index (χ0v) is 13.8. The molecule has 25 heavy (non-hydrogen) atoms. The molecule has 0 spiro atoms. The minimum Gasteiger partial charge on any atom is -0.505 e. The minimum atomic E-state index is -1.50. The van der Waals surface area contributed by atoms with Crippen molar-refractivity contribution >= 4 is 40.9 Å². The first-order valence-corrected chi connectivity index (χ1v) is 6.95. The molecule has 0 bridgehead atoms. The van der Waals surface area contributed by atoms with Gasteiger partial charge in [0.15, 0.2) is 5.78 Å². The van der Waals surface area contributed by atoms with Crippen LogP contribution in [0.25, 0.3) is 0 Å². The van der Waals surface area contributed by atoms with E-state index in [-0.39, 0.29) is 27.3 Å². The van der Waals surface area contributed by atoms with Crippen LogP contribution in [-0.4, -0.2) is 38.1 Å². The highest BCUT2D eigenvalue weighted by molar-refractivity contribution is 6.34. The summed E-state index contributed by atoms with van der Waals surface area (Å²) in [6, 6.07) is 3.86. The second kappa shape index (κ2) is 7.39. The van der Waals surface area contributed by atoms with Gasteiger partial charge in [0, 0.05) is 11.1 Å². The number of rotatable bonds is 4. The molecule has 7 N–H and O–H groups in total. The third-order valence-corrected chi connectivity index (χ3v) is 3.69. The largest absolute Gasteiger partial charge is 0.505 e. The number of carbonyl (C=O) groups is 3. The Balaban J connectivity index is 0.00000312. The minimum absolute atomic E-state index is 0. The third kappa shape index (κ3) is 3.82. The van der Waals surface area contributed by atoms with Crippen molar-refractivity contribution in [1.82, 2.24) is 6.15 Å². The molecule has 2 aromatic carbocycles. The van der Waals surface area contributed by atoms with Crippen LogP contribution in [0.2, 0.25) is 10.0 Å². The van der Waals surface area contributed by atoms with Crippen LogP contribution in [-0.2, 0) is 0 Å². The lowest BCUT2D eigenvalue weighted by molar-refractivity contribution is 0.0682. The number of hydrogen-bond acceptors (Lipinski definition) is 6. The summed E-state index contributed by atoms with van der Waals surface area (Å²) in [7, 11) is 0. The Labute approximate surface area is 150 Å². The number of halogens is 2. The number of aromatic hydroxyl groups is 2. The Morgan fingerprint density at radius 2 is 1.04 bits per heavy atom.